The first-order valence-electron chi connectivity index (χ1n) is 8.60. The number of nitrogens with one attached hydrogen (secondary N) is 1. The molecule has 1 aliphatic rings. The standard InChI is InChI=1S/C18H21N7/c1-2-8-24(7-1)18-21-13-16(14-22-18)11-19-10-15-4-5-17(20-12-15)25-9-3-6-23-25/h3-6,9,12-14,19H,1-2,7-8,10-11H2. The van der Waals surface area contributed by atoms with Crippen LogP contribution in [-0.2, 0) is 13.1 Å². The second-order valence-electron chi connectivity index (χ2n) is 6.16. The van der Waals surface area contributed by atoms with E-state index >= 15 is 0 Å². The fourth-order valence-corrected chi connectivity index (χ4v) is 2.93. The van der Waals surface area contributed by atoms with Crippen LogP contribution in [0.2, 0.25) is 0 Å². The number of anilines is 1. The third-order valence-electron chi connectivity index (χ3n) is 4.29. The van der Waals surface area contributed by atoms with Crippen LogP contribution in [-0.4, -0.2) is 37.8 Å². The quantitative estimate of drug-likeness (QED) is 0.742. The Bertz CT molecular complexity index is 775. The smallest absolute Gasteiger partial charge is 0.225 e. The number of rotatable bonds is 6. The lowest BCUT2D eigenvalue weighted by Crippen LogP contribution is -2.20. The van der Waals surface area contributed by atoms with Crippen LogP contribution in [0.3, 0.4) is 0 Å². The van der Waals surface area contributed by atoms with Crippen LogP contribution < -0.4 is 10.2 Å². The summed E-state index contributed by atoms with van der Waals surface area (Å²) >= 11 is 0. The Morgan fingerprint density at radius 2 is 1.68 bits per heavy atom. The zero-order valence-electron chi connectivity index (χ0n) is 14.0. The topological polar surface area (TPSA) is 71.8 Å². The summed E-state index contributed by atoms with van der Waals surface area (Å²) in [5.74, 6) is 1.67. The normalized spacial score (nSPS) is 14.2. The molecule has 0 aliphatic carbocycles. The lowest BCUT2D eigenvalue weighted by atomic mass is 10.2. The third kappa shape index (κ3) is 3.83. The minimum absolute atomic E-state index is 0.737. The van der Waals surface area contributed by atoms with E-state index in [9.17, 15) is 0 Å². The molecule has 0 saturated carbocycles. The molecule has 1 saturated heterocycles. The van der Waals surface area contributed by atoms with Gasteiger partial charge in [0, 0.05) is 62.7 Å². The number of aromatic nitrogens is 5. The Hall–Kier alpha value is -2.80. The first-order chi connectivity index (χ1) is 12.4. The van der Waals surface area contributed by atoms with Gasteiger partial charge >= 0.3 is 0 Å². The highest BCUT2D eigenvalue weighted by atomic mass is 15.3. The fourth-order valence-electron chi connectivity index (χ4n) is 2.93. The van der Waals surface area contributed by atoms with Crippen molar-refractivity contribution in [1.82, 2.24) is 30.0 Å². The van der Waals surface area contributed by atoms with E-state index in [1.165, 1.54) is 12.8 Å². The van der Waals surface area contributed by atoms with Gasteiger partial charge in [-0.3, -0.25) is 0 Å². The average Bonchev–Trinajstić information content (AvgIpc) is 3.37. The van der Waals surface area contributed by atoms with Gasteiger partial charge in [0.2, 0.25) is 5.95 Å². The summed E-state index contributed by atoms with van der Waals surface area (Å²) in [5.41, 5.74) is 2.22. The summed E-state index contributed by atoms with van der Waals surface area (Å²) < 4.78 is 1.75. The van der Waals surface area contributed by atoms with Gasteiger partial charge in [-0.1, -0.05) is 6.07 Å². The summed E-state index contributed by atoms with van der Waals surface area (Å²) in [7, 11) is 0. The van der Waals surface area contributed by atoms with E-state index in [4.69, 9.17) is 0 Å². The minimum Gasteiger partial charge on any atom is -0.341 e. The van der Waals surface area contributed by atoms with Gasteiger partial charge in [-0.15, -0.1) is 0 Å². The Kier molecular flexibility index (Phi) is 4.65. The van der Waals surface area contributed by atoms with E-state index in [1.807, 2.05) is 36.9 Å². The van der Waals surface area contributed by atoms with Crippen LogP contribution >= 0.6 is 0 Å². The van der Waals surface area contributed by atoms with E-state index < -0.39 is 0 Å². The molecule has 4 rings (SSSR count). The van der Waals surface area contributed by atoms with E-state index in [0.29, 0.717) is 0 Å². The summed E-state index contributed by atoms with van der Waals surface area (Å²) in [6.07, 6.45) is 11.8. The molecule has 0 spiro atoms. The van der Waals surface area contributed by atoms with Gasteiger partial charge in [0.1, 0.15) is 0 Å². The van der Waals surface area contributed by atoms with E-state index in [2.05, 4.69) is 36.3 Å². The highest BCUT2D eigenvalue weighted by molar-refractivity contribution is 5.31. The van der Waals surface area contributed by atoms with Crippen LogP contribution in [0.5, 0.6) is 0 Å². The second kappa shape index (κ2) is 7.40. The van der Waals surface area contributed by atoms with E-state index in [-0.39, 0.29) is 0 Å². The van der Waals surface area contributed by atoms with Crippen molar-refractivity contribution in [3.63, 3.8) is 0 Å². The molecule has 0 radical (unpaired) electrons. The van der Waals surface area contributed by atoms with Crippen molar-refractivity contribution in [1.29, 1.82) is 0 Å². The molecule has 0 atom stereocenters. The van der Waals surface area contributed by atoms with Crippen LogP contribution in [0.1, 0.15) is 24.0 Å². The SMILES string of the molecule is c1cnn(-c2ccc(CNCc3cnc(N4CCCC4)nc3)cn2)c1. The monoisotopic (exact) mass is 335 g/mol. The van der Waals surface area contributed by atoms with Gasteiger partial charge in [-0.2, -0.15) is 5.10 Å². The lowest BCUT2D eigenvalue weighted by molar-refractivity contribution is 0.685. The lowest BCUT2D eigenvalue weighted by Gasteiger charge is -2.14. The maximum absolute atomic E-state index is 4.48. The fraction of sp³-hybridized carbons (Fsp3) is 0.333. The zero-order valence-corrected chi connectivity index (χ0v) is 14.0. The van der Waals surface area contributed by atoms with Crippen LogP contribution in [0.25, 0.3) is 5.82 Å². The highest BCUT2D eigenvalue weighted by Crippen LogP contribution is 2.14. The highest BCUT2D eigenvalue weighted by Gasteiger charge is 2.14. The summed E-state index contributed by atoms with van der Waals surface area (Å²) in [6.45, 7) is 3.62. The Labute approximate surface area is 146 Å². The van der Waals surface area contributed by atoms with Crippen molar-refractivity contribution in [2.24, 2.45) is 0 Å². The largest absolute Gasteiger partial charge is 0.341 e. The molecule has 7 heteroatoms. The number of pyridine rings is 1. The van der Waals surface area contributed by atoms with Crippen LogP contribution in [0.15, 0.2) is 49.2 Å². The van der Waals surface area contributed by atoms with Gasteiger partial charge in [0.05, 0.1) is 0 Å². The molecule has 1 fully saturated rings. The Morgan fingerprint density at radius 1 is 0.920 bits per heavy atom. The average molecular weight is 335 g/mol. The molecule has 0 amide bonds. The minimum atomic E-state index is 0.737. The van der Waals surface area contributed by atoms with Gasteiger partial charge in [-0.25, -0.2) is 19.6 Å². The molecular formula is C18H21N7. The summed E-state index contributed by atoms with van der Waals surface area (Å²) in [5, 5.41) is 7.58. The van der Waals surface area contributed by atoms with Crippen molar-refractivity contribution >= 4 is 5.95 Å². The van der Waals surface area contributed by atoms with Crippen molar-refractivity contribution < 1.29 is 0 Å². The van der Waals surface area contributed by atoms with Gasteiger partial charge in [-0.05, 0) is 30.5 Å². The Balaban J connectivity index is 1.28. The molecule has 3 aromatic heterocycles. The molecule has 0 unspecified atom stereocenters. The molecule has 1 aliphatic heterocycles. The predicted molar refractivity (Wildman–Crippen MR) is 95.4 cm³/mol. The summed E-state index contributed by atoms with van der Waals surface area (Å²) in [4.78, 5) is 15.6. The summed E-state index contributed by atoms with van der Waals surface area (Å²) in [6, 6.07) is 5.91. The third-order valence-corrected chi connectivity index (χ3v) is 4.29. The molecule has 7 nitrogen and oxygen atoms in total. The van der Waals surface area contributed by atoms with Crippen LogP contribution in [0.4, 0.5) is 5.95 Å². The van der Waals surface area contributed by atoms with Gasteiger partial charge in [0.15, 0.2) is 5.82 Å². The molecule has 0 bridgehead atoms. The maximum atomic E-state index is 4.48. The van der Waals surface area contributed by atoms with Crippen molar-refractivity contribution in [2.45, 2.75) is 25.9 Å². The second-order valence-corrected chi connectivity index (χ2v) is 6.16. The molecule has 0 aromatic carbocycles. The molecule has 25 heavy (non-hydrogen) atoms. The van der Waals surface area contributed by atoms with Crippen LogP contribution in [0, 0.1) is 0 Å². The molecule has 4 heterocycles. The first-order valence-corrected chi connectivity index (χ1v) is 8.60. The molecular weight excluding hydrogens is 314 g/mol. The number of nitrogens with zero attached hydrogens (tertiary/aromatic N) is 6. The van der Waals surface area contributed by atoms with Crippen molar-refractivity contribution in [2.75, 3.05) is 18.0 Å². The predicted octanol–water partition coefficient (Wildman–Crippen LogP) is 1.95. The number of hydrogen-bond donors (Lipinski definition) is 1. The van der Waals surface area contributed by atoms with E-state index in [0.717, 1.165) is 49.1 Å². The maximum Gasteiger partial charge on any atom is 0.225 e. The molecule has 3 aromatic rings. The van der Waals surface area contributed by atoms with Gasteiger partial charge < -0.3 is 10.2 Å². The zero-order chi connectivity index (χ0) is 16.9. The van der Waals surface area contributed by atoms with Gasteiger partial charge in [0.25, 0.3) is 0 Å². The molecule has 1 N–H and O–H groups in total. The molecule has 128 valence electrons. The van der Waals surface area contributed by atoms with E-state index in [1.54, 1.807) is 10.9 Å². The van der Waals surface area contributed by atoms with Crippen molar-refractivity contribution in [3.8, 4) is 5.82 Å². The number of hydrogen-bond acceptors (Lipinski definition) is 6. The first kappa shape index (κ1) is 15.7. The van der Waals surface area contributed by atoms with Crippen molar-refractivity contribution in [3.05, 3.63) is 60.3 Å². The Morgan fingerprint density at radius 3 is 2.36 bits per heavy atom.